The highest BCUT2D eigenvalue weighted by Crippen LogP contribution is 2.41. The van der Waals surface area contributed by atoms with Crippen LogP contribution in [-0.4, -0.2) is 160 Å². The van der Waals surface area contributed by atoms with Crippen molar-refractivity contribution in [3.05, 3.63) is 0 Å². The van der Waals surface area contributed by atoms with Gasteiger partial charge in [-0.2, -0.15) is 0 Å². The van der Waals surface area contributed by atoms with Crippen LogP contribution in [0.3, 0.4) is 0 Å². The van der Waals surface area contributed by atoms with Crippen LogP contribution in [-0.2, 0) is 19.0 Å². The zero-order valence-electron chi connectivity index (χ0n) is 25.8. The van der Waals surface area contributed by atoms with E-state index in [9.17, 15) is 35.4 Å². The minimum absolute atomic E-state index is 0.0256. The molecule has 0 aromatic rings. The molecule has 2 aliphatic carbocycles. The summed E-state index contributed by atoms with van der Waals surface area (Å²) in [7, 11) is 0. The second kappa shape index (κ2) is 15.6. The largest absolute Gasteiger partial charge is 0.394 e. The van der Waals surface area contributed by atoms with Crippen LogP contribution in [0.2, 0.25) is 0 Å². The molecule has 0 aromatic heterocycles. The number of nitrogens with two attached hydrogens (primary N) is 6. The molecule has 4 rings (SSSR count). The van der Waals surface area contributed by atoms with Crippen molar-refractivity contribution in [2.75, 3.05) is 26.2 Å². The molecule has 2 saturated heterocycles. The monoisotopic (exact) mass is 663 g/mol. The predicted molar refractivity (Wildman–Crippen MR) is 162 cm³/mol. The fourth-order valence-electron chi connectivity index (χ4n) is 6.79. The third kappa shape index (κ3) is 8.06. The van der Waals surface area contributed by atoms with Crippen molar-refractivity contribution >= 4 is 11.9 Å². The number of aliphatic hydroxyl groups is 6. The normalized spacial score (nSPS) is 45.1. The minimum Gasteiger partial charge on any atom is -0.394 e. The second-order valence-corrected chi connectivity index (χ2v) is 12.9. The van der Waals surface area contributed by atoms with E-state index in [1.54, 1.807) is 0 Å². The first-order valence-corrected chi connectivity index (χ1v) is 15.8. The Morgan fingerprint density at radius 2 is 1.78 bits per heavy atom. The van der Waals surface area contributed by atoms with Crippen molar-refractivity contribution in [2.24, 2.45) is 45.3 Å². The number of amides is 1. The number of rotatable bonds is 13. The molecule has 0 radical (unpaired) electrons. The van der Waals surface area contributed by atoms with Gasteiger partial charge in [-0.3, -0.25) is 4.79 Å². The van der Waals surface area contributed by atoms with Gasteiger partial charge in [-0.1, -0.05) is 0 Å². The summed E-state index contributed by atoms with van der Waals surface area (Å²) in [5, 5.41) is 70.0. The molecule has 19 nitrogen and oxygen atoms in total. The molecule has 0 aromatic carbocycles. The lowest BCUT2D eigenvalue weighted by Gasteiger charge is -2.51. The van der Waals surface area contributed by atoms with Crippen LogP contribution < -0.4 is 45.0 Å². The number of hydrogen-bond donors (Lipinski definition) is 14. The quantitative estimate of drug-likeness (QED) is 0.0642. The van der Waals surface area contributed by atoms with E-state index in [1.807, 2.05) is 0 Å². The van der Waals surface area contributed by atoms with Gasteiger partial charge in [0.15, 0.2) is 17.9 Å². The average Bonchev–Trinajstić information content (AvgIpc) is 3.67. The third-order valence-corrected chi connectivity index (χ3v) is 9.59. The standard InChI is InChI=1S/C27H53N9O10/c28-4-3-10(38)8-34-13-2-1-11(7-29)44-22(13)17-12(30)5-14(35-25(42)27(43)6-16(27)36-26(32)33)23(20(17)40)46-24-21(41)18(31)19(39)15(9-37)45-24/h10-24,34,37-41,43H,1-9,28-31H2,(H,35,42)(H4,32,33,36). The Hall–Kier alpha value is -1.82. The van der Waals surface area contributed by atoms with Crippen molar-refractivity contribution < 1.29 is 49.6 Å². The van der Waals surface area contributed by atoms with E-state index in [2.05, 4.69) is 15.6 Å². The van der Waals surface area contributed by atoms with Crippen molar-refractivity contribution in [3.8, 4) is 0 Å². The Morgan fingerprint density at radius 1 is 1.07 bits per heavy atom. The Morgan fingerprint density at radius 3 is 2.41 bits per heavy atom. The number of nitrogens with zero attached hydrogens (tertiary/aromatic N) is 1. The molecule has 19 heteroatoms. The van der Waals surface area contributed by atoms with Gasteiger partial charge >= 0.3 is 0 Å². The highest BCUT2D eigenvalue weighted by atomic mass is 16.7. The number of ether oxygens (including phenoxy) is 3. The number of carbonyl (C=O) groups is 1. The highest BCUT2D eigenvalue weighted by Gasteiger charge is 2.61. The van der Waals surface area contributed by atoms with E-state index in [-0.39, 0.29) is 44.0 Å². The summed E-state index contributed by atoms with van der Waals surface area (Å²) < 4.78 is 18.1. The molecular formula is C27H53N9O10. The van der Waals surface area contributed by atoms with Gasteiger partial charge in [-0.15, -0.1) is 0 Å². The molecule has 4 aliphatic rings. The fourth-order valence-corrected chi connectivity index (χ4v) is 6.79. The van der Waals surface area contributed by atoms with Gasteiger partial charge in [0.25, 0.3) is 5.91 Å². The molecule has 0 bridgehead atoms. The van der Waals surface area contributed by atoms with E-state index in [0.29, 0.717) is 25.8 Å². The number of carbonyl (C=O) groups excluding carboxylic acids is 1. The van der Waals surface area contributed by atoms with E-state index in [0.717, 1.165) is 0 Å². The fraction of sp³-hybridized carbons (Fsp3) is 0.926. The molecule has 16 atom stereocenters. The first kappa shape index (κ1) is 37.0. The molecule has 2 heterocycles. The van der Waals surface area contributed by atoms with Gasteiger partial charge in [0.1, 0.15) is 24.4 Å². The molecule has 0 spiro atoms. The highest BCUT2D eigenvalue weighted by molar-refractivity contribution is 5.90. The van der Waals surface area contributed by atoms with Gasteiger partial charge in [0, 0.05) is 37.5 Å². The van der Waals surface area contributed by atoms with Crippen molar-refractivity contribution in [2.45, 2.75) is 123 Å². The van der Waals surface area contributed by atoms with Gasteiger partial charge in [-0.05, 0) is 32.2 Å². The molecule has 16 unspecified atom stereocenters. The lowest BCUT2D eigenvalue weighted by molar-refractivity contribution is -0.306. The SMILES string of the molecule is NCCC(O)CNC1CCC(CN)OC1C1C(N)CC(NC(=O)C2(O)CC2N=C(N)N)C(OC2OC(CO)C(O)C(N)C2O)C1O. The molecular weight excluding hydrogens is 610 g/mol. The first-order valence-electron chi connectivity index (χ1n) is 15.8. The molecule has 2 saturated carbocycles. The van der Waals surface area contributed by atoms with Crippen molar-refractivity contribution in [1.82, 2.24) is 10.6 Å². The average molecular weight is 664 g/mol. The van der Waals surface area contributed by atoms with Crippen molar-refractivity contribution in [3.63, 3.8) is 0 Å². The van der Waals surface area contributed by atoms with Gasteiger partial charge in [-0.25, -0.2) is 4.99 Å². The number of nitrogens with one attached hydrogen (secondary N) is 2. The molecule has 20 N–H and O–H groups in total. The molecule has 2 aliphatic heterocycles. The van der Waals surface area contributed by atoms with Crippen LogP contribution >= 0.6 is 0 Å². The zero-order valence-corrected chi connectivity index (χ0v) is 25.8. The van der Waals surface area contributed by atoms with Crippen LogP contribution in [0.15, 0.2) is 4.99 Å². The molecule has 46 heavy (non-hydrogen) atoms. The summed E-state index contributed by atoms with van der Waals surface area (Å²) in [6.07, 6.45) is -8.68. The smallest absolute Gasteiger partial charge is 0.254 e. The number of hydrogen-bond acceptors (Lipinski definition) is 16. The second-order valence-electron chi connectivity index (χ2n) is 12.9. The summed E-state index contributed by atoms with van der Waals surface area (Å²) in [6, 6.07) is -4.31. The Labute approximate surface area is 267 Å². The lowest BCUT2D eigenvalue weighted by atomic mass is 9.72. The summed E-state index contributed by atoms with van der Waals surface area (Å²) in [5.41, 5.74) is 33.1. The maximum atomic E-state index is 13.3. The Kier molecular flexibility index (Phi) is 12.5. The topological polar surface area (TPSA) is 359 Å². The van der Waals surface area contributed by atoms with Crippen LogP contribution in [0, 0.1) is 5.92 Å². The van der Waals surface area contributed by atoms with E-state index in [1.165, 1.54) is 0 Å². The van der Waals surface area contributed by atoms with Gasteiger partial charge < -0.3 is 89.9 Å². The van der Waals surface area contributed by atoms with Crippen LogP contribution in [0.1, 0.15) is 32.1 Å². The van der Waals surface area contributed by atoms with E-state index < -0.39 is 97.2 Å². The summed E-state index contributed by atoms with van der Waals surface area (Å²) >= 11 is 0. The lowest BCUT2D eigenvalue weighted by Crippen LogP contribution is -2.70. The van der Waals surface area contributed by atoms with E-state index >= 15 is 0 Å². The Balaban J connectivity index is 1.61. The van der Waals surface area contributed by atoms with Crippen LogP contribution in [0.25, 0.3) is 0 Å². The summed E-state index contributed by atoms with van der Waals surface area (Å²) in [4.78, 5) is 17.1. The van der Waals surface area contributed by atoms with Gasteiger partial charge in [0.05, 0.1) is 49.1 Å². The van der Waals surface area contributed by atoms with E-state index in [4.69, 9.17) is 48.6 Å². The maximum absolute atomic E-state index is 13.3. The molecule has 1 amide bonds. The third-order valence-electron chi connectivity index (χ3n) is 9.59. The first-order chi connectivity index (χ1) is 21.7. The van der Waals surface area contributed by atoms with Crippen LogP contribution in [0.4, 0.5) is 0 Å². The van der Waals surface area contributed by atoms with Crippen LogP contribution in [0.5, 0.6) is 0 Å². The van der Waals surface area contributed by atoms with Crippen molar-refractivity contribution in [1.29, 1.82) is 0 Å². The number of guanidine groups is 1. The zero-order chi connectivity index (χ0) is 33.9. The number of aliphatic hydroxyl groups excluding tert-OH is 5. The summed E-state index contributed by atoms with van der Waals surface area (Å²) in [5.74, 6) is -1.94. The predicted octanol–water partition coefficient (Wildman–Crippen LogP) is -7.72. The molecule has 266 valence electrons. The summed E-state index contributed by atoms with van der Waals surface area (Å²) in [6.45, 7) is 0.0965. The Bertz CT molecular complexity index is 1040. The number of aliphatic imine (C=N–C) groups is 1. The van der Waals surface area contributed by atoms with Gasteiger partial charge in [0.2, 0.25) is 0 Å². The molecule has 4 fully saturated rings. The maximum Gasteiger partial charge on any atom is 0.254 e. The minimum atomic E-state index is -1.91.